The number of hydrogen-bond donors (Lipinski definition) is 2. The van der Waals surface area contributed by atoms with Crippen LogP contribution in [-0.4, -0.2) is 27.1 Å². The standard InChI is InChI=1S/C18H21ClN2O3S/c1-13-16(6-3-7-17(13)21-25(2,23)24)18(22)20-12-4-5-14-8-10-15(19)11-9-14/h3,6-11,21H,4-5,12H2,1-2H3,(H,20,22). The molecule has 0 aliphatic rings. The first-order chi connectivity index (χ1) is 11.8. The summed E-state index contributed by atoms with van der Waals surface area (Å²) in [5, 5.41) is 3.57. The number of halogens is 1. The number of anilines is 1. The summed E-state index contributed by atoms with van der Waals surface area (Å²) in [6.07, 6.45) is 2.72. The van der Waals surface area contributed by atoms with Gasteiger partial charge in [-0.3, -0.25) is 9.52 Å². The van der Waals surface area contributed by atoms with Crippen LogP contribution in [0.3, 0.4) is 0 Å². The van der Waals surface area contributed by atoms with Gasteiger partial charge in [-0.2, -0.15) is 0 Å². The van der Waals surface area contributed by atoms with Gasteiger partial charge in [0.2, 0.25) is 10.0 Å². The zero-order valence-corrected chi connectivity index (χ0v) is 15.7. The van der Waals surface area contributed by atoms with Crippen LogP contribution in [0.15, 0.2) is 42.5 Å². The number of benzene rings is 2. The summed E-state index contributed by atoms with van der Waals surface area (Å²) < 4.78 is 25.2. The summed E-state index contributed by atoms with van der Waals surface area (Å²) >= 11 is 5.85. The third-order valence-corrected chi connectivity index (χ3v) is 4.56. The van der Waals surface area contributed by atoms with Crippen LogP contribution >= 0.6 is 11.6 Å². The molecule has 0 spiro atoms. The van der Waals surface area contributed by atoms with Gasteiger partial charge in [0.1, 0.15) is 0 Å². The lowest BCUT2D eigenvalue weighted by Crippen LogP contribution is -2.26. The second kappa shape index (κ2) is 8.36. The normalized spacial score (nSPS) is 11.2. The molecule has 0 heterocycles. The second-order valence-corrected chi connectivity index (χ2v) is 8.02. The molecule has 0 saturated carbocycles. The van der Waals surface area contributed by atoms with Crippen LogP contribution in [0.25, 0.3) is 0 Å². The lowest BCUT2D eigenvalue weighted by molar-refractivity contribution is 0.0952. The lowest BCUT2D eigenvalue weighted by Gasteiger charge is -2.12. The van der Waals surface area contributed by atoms with E-state index in [-0.39, 0.29) is 5.91 Å². The Morgan fingerprint density at radius 1 is 1.12 bits per heavy atom. The van der Waals surface area contributed by atoms with E-state index in [4.69, 9.17) is 11.6 Å². The van der Waals surface area contributed by atoms with E-state index in [9.17, 15) is 13.2 Å². The molecular weight excluding hydrogens is 360 g/mol. The Labute approximate surface area is 153 Å². The number of rotatable bonds is 7. The van der Waals surface area contributed by atoms with Crippen molar-refractivity contribution < 1.29 is 13.2 Å². The van der Waals surface area contributed by atoms with Crippen molar-refractivity contribution >= 4 is 33.2 Å². The molecule has 0 radical (unpaired) electrons. The molecule has 0 aliphatic heterocycles. The Balaban J connectivity index is 1.92. The molecule has 0 atom stereocenters. The second-order valence-electron chi connectivity index (χ2n) is 5.84. The van der Waals surface area contributed by atoms with E-state index in [1.165, 1.54) is 0 Å². The average molecular weight is 381 g/mol. The van der Waals surface area contributed by atoms with Crippen molar-refractivity contribution in [2.75, 3.05) is 17.5 Å². The van der Waals surface area contributed by atoms with Crippen molar-refractivity contribution in [2.24, 2.45) is 0 Å². The molecule has 0 fully saturated rings. The van der Waals surface area contributed by atoms with Gasteiger partial charge in [0.15, 0.2) is 0 Å². The van der Waals surface area contributed by atoms with E-state index in [0.717, 1.165) is 24.7 Å². The molecule has 2 aromatic carbocycles. The fourth-order valence-corrected chi connectivity index (χ4v) is 3.18. The van der Waals surface area contributed by atoms with Gasteiger partial charge in [0.25, 0.3) is 5.91 Å². The van der Waals surface area contributed by atoms with E-state index in [1.54, 1.807) is 25.1 Å². The summed E-state index contributed by atoms with van der Waals surface area (Å²) in [6.45, 7) is 2.25. The van der Waals surface area contributed by atoms with Gasteiger partial charge >= 0.3 is 0 Å². The Hall–Kier alpha value is -2.05. The van der Waals surface area contributed by atoms with Gasteiger partial charge in [-0.15, -0.1) is 0 Å². The molecule has 2 rings (SSSR count). The molecule has 0 bridgehead atoms. The SMILES string of the molecule is Cc1c(NS(C)(=O)=O)cccc1C(=O)NCCCc1ccc(Cl)cc1. The van der Waals surface area contributed by atoms with Gasteiger partial charge in [-0.1, -0.05) is 29.8 Å². The maximum absolute atomic E-state index is 12.3. The average Bonchev–Trinajstić information content (AvgIpc) is 2.54. The first kappa shape index (κ1) is 19.3. The van der Waals surface area contributed by atoms with Crippen LogP contribution < -0.4 is 10.0 Å². The lowest BCUT2D eigenvalue weighted by atomic mass is 10.1. The van der Waals surface area contributed by atoms with E-state index in [2.05, 4.69) is 10.0 Å². The quantitative estimate of drug-likeness (QED) is 0.723. The van der Waals surface area contributed by atoms with E-state index >= 15 is 0 Å². The van der Waals surface area contributed by atoms with Crippen molar-refractivity contribution in [1.29, 1.82) is 0 Å². The first-order valence-corrected chi connectivity index (χ1v) is 10.1. The zero-order valence-electron chi connectivity index (χ0n) is 14.2. The molecule has 5 nitrogen and oxygen atoms in total. The number of hydrogen-bond acceptors (Lipinski definition) is 3. The van der Waals surface area contributed by atoms with Crippen LogP contribution in [0.4, 0.5) is 5.69 Å². The van der Waals surface area contributed by atoms with E-state index < -0.39 is 10.0 Å². The molecule has 7 heteroatoms. The summed E-state index contributed by atoms with van der Waals surface area (Å²) in [6, 6.07) is 12.6. The number of carbonyl (C=O) groups is 1. The van der Waals surface area contributed by atoms with Crippen LogP contribution in [-0.2, 0) is 16.4 Å². The minimum atomic E-state index is -3.39. The zero-order chi connectivity index (χ0) is 18.4. The molecule has 2 aromatic rings. The highest BCUT2D eigenvalue weighted by molar-refractivity contribution is 7.92. The number of nitrogens with one attached hydrogen (secondary N) is 2. The molecular formula is C18H21ClN2O3S. The number of sulfonamides is 1. The van der Waals surface area contributed by atoms with E-state index in [1.807, 2.05) is 24.3 Å². The molecule has 134 valence electrons. The van der Waals surface area contributed by atoms with E-state index in [0.29, 0.717) is 28.4 Å². The Kier molecular flexibility index (Phi) is 6.45. The number of carbonyl (C=O) groups excluding carboxylic acids is 1. The molecule has 0 aliphatic carbocycles. The summed E-state index contributed by atoms with van der Waals surface area (Å²) in [5.41, 5.74) is 2.63. The highest BCUT2D eigenvalue weighted by Crippen LogP contribution is 2.20. The first-order valence-electron chi connectivity index (χ1n) is 7.86. The van der Waals surface area contributed by atoms with Crippen LogP contribution in [0.5, 0.6) is 0 Å². The predicted molar refractivity (Wildman–Crippen MR) is 102 cm³/mol. The van der Waals surface area contributed by atoms with Gasteiger partial charge in [-0.25, -0.2) is 8.42 Å². The summed E-state index contributed by atoms with van der Waals surface area (Å²) in [4.78, 5) is 12.3. The minimum absolute atomic E-state index is 0.217. The molecule has 0 unspecified atom stereocenters. The molecule has 1 amide bonds. The third-order valence-electron chi connectivity index (χ3n) is 3.71. The van der Waals surface area contributed by atoms with Crippen LogP contribution in [0, 0.1) is 6.92 Å². The van der Waals surface area contributed by atoms with Crippen molar-refractivity contribution in [3.05, 3.63) is 64.2 Å². The number of amides is 1. The summed E-state index contributed by atoms with van der Waals surface area (Å²) in [7, 11) is -3.39. The van der Waals surface area contributed by atoms with Crippen molar-refractivity contribution in [3.63, 3.8) is 0 Å². The van der Waals surface area contributed by atoms with Crippen molar-refractivity contribution in [1.82, 2.24) is 5.32 Å². The minimum Gasteiger partial charge on any atom is -0.352 e. The predicted octanol–water partition coefficient (Wildman–Crippen LogP) is 3.38. The topological polar surface area (TPSA) is 75.3 Å². The fourth-order valence-electron chi connectivity index (χ4n) is 2.43. The van der Waals surface area contributed by atoms with Crippen molar-refractivity contribution in [3.8, 4) is 0 Å². The third kappa shape index (κ3) is 6.07. The van der Waals surface area contributed by atoms with Crippen LogP contribution in [0.2, 0.25) is 5.02 Å². The van der Waals surface area contributed by atoms with Gasteiger partial charge in [0.05, 0.1) is 11.9 Å². The monoisotopic (exact) mass is 380 g/mol. The Morgan fingerprint density at radius 3 is 2.44 bits per heavy atom. The molecule has 0 saturated heterocycles. The maximum atomic E-state index is 12.3. The fraction of sp³-hybridized carbons (Fsp3) is 0.278. The molecule has 2 N–H and O–H groups in total. The van der Waals surface area contributed by atoms with Crippen LogP contribution in [0.1, 0.15) is 27.9 Å². The largest absolute Gasteiger partial charge is 0.352 e. The van der Waals surface area contributed by atoms with Gasteiger partial charge < -0.3 is 5.32 Å². The van der Waals surface area contributed by atoms with Gasteiger partial charge in [0, 0.05) is 17.1 Å². The smallest absolute Gasteiger partial charge is 0.251 e. The Morgan fingerprint density at radius 2 is 1.80 bits per heavy atom. The van der Waals surface area contributed by atoms with Crippen molar-refractivity contribution in [2.45, 2.75) is 19.8 Å². The highest BCUT2D eigenvalue weighted by atomic mass is 35.5. The maximum Gasteiger partial charge on any atom is 0.251 e. The van der Waals surface area contributed by atoms with Gasteiger partial charge in [-0.05, 0) is 55.2 Å². The highest BCUT2D eigenvalue weighted by Gasteiger charge is 2.13. The Bertz CT molecular complexity index is 849. The number of aryl methyl sites for hydroxylation is 1. The molecule has 0 aromatic heterocycles. The molecule has 25 heavy (non-hydrogen) atoms. The summed E-state index contributed by atoms with van der Waals surface area (Å²) in [5.74, 6) is -0.217.